The number of benzene rings is 2. The molecule has 2 aromatic rings. The van der Waals surface area contributed by atoms with E-state index < -0.39 is 0 Å². The fourth-order valence-corrected chi connectivity index (χ4v) is 3.06. The Labute approximate surface area is 137 Å². The van der Waals surface area contributed by atoms with Gasteiger partial charge in [0.15, 0.2) is 0 Å². The third-order valence-corrected chi connectivity index (χ3v) is 4.59. The minimum atomic E-state index is -0.256. The zero-order chi connectivity index (χ0) is 16.4. The van der Waals surface area contributed by atoms with Gasteiger partial charge in [0, 0.05) is 5.57 Å². The molecule has 0 saturated heterocycles. The van der Waals surface area contributed by atoms with Gasteiger partial charge in [-0.3, -0.25) is 4.79 Å². The maximum absolute atomic E-state index is 12.7. The first-order chi connectivity index (χ1) is 11.1. The lowest BCUT2D eigenvalue weighted by Crippen LogP contribution is -2.36. The summed E-state index contributed by atoms with van der Waals surface area (Å²) in [6, 6.07) is 14.6. The van der Waals surface area contributed by atoms with Crippen molar-refractivity contribution in [1.29, 1.82) is 0 Å². The maximum Gasteiger partial charge on any atom is 0.252 e. The van der Waals surface area contributed by atoms with Crippen LogP contribution in [-0.2, 0) is 10.3 Å². The Morgan fingerprint density at radius 3 is 2.43 bits per heavy atom. The number of fused-ring (bicyclic) bond motifs is 1. The molecule has 1 N–H and O–H groups in total. The SMILES string of the molecule is C=C/C(C)=C(\C=C)C(=O)NC1(c2cccc3ccccc23)CC1. The van der Waals surface area contributed by atoms with Gasteiger partial charge in [0.1, 0.15) is 0 Å². The van der Waals surface area contributed by atoms with E-state index in [4.69, 9.17) is 0 Å². The predicted molar refractivity (Wildman–Crippen MR) is 96.1 cm³/mol. The summed E-state index contributed by atoms with van der Waals surface area (Å²) in [5, 5.41) is 5.63. The van der Waals surface area contributed by atoms with Crippen LogP contribution in [-0.4, -0.2) is 5.91 Å². The lowest BCUT2D eigenvalue weighted by atomic mass is 9.96. The number of rotatable bonds is 5. The van der Waals surface area contributed by atoms with E-state index in [1.165, 1.54) is 16.3 Å². The van der Waals surface area contributed by atoms with Gasteiger partial charge in [0.05, 0.1) is 5.54 Å². The molecule has 1 amide bonds. The summed E-state index contributed by atoms with van der Waals surface area (Å²) in [5.74, 6) is -0.0807. The van der Waals surface area contributed by atoms with Crippen LogP contribution in [0, 0.1) is 0 Å². The van der Waals surface area contributed by atoms with E-state index in [-0.39, 0.29) is 11.4 Å². The van der Waals surface area contributed by atoms with Crippen molar-refractivity contribution in [3.63, 3.8) is 0 Å². The molecular formula is C21H21NO. The van der Waals surface area contributed by atoms with E-state index in [2.05, 4.69) is 48.8 Å². The second-order valence-corrected chi connectivity index (χ2v) is 6.07. The quantitative estimate of drug-likeness (QED) is 0.633. The number of amides is 1. The number of hydrogen-bond donors (Lipinski definition) is 1. The van der Waals surface area contributed by atoms with Gasteiger partial charge in [0.25, 0.3) is 5.91 Å². The molecule has 23 heavy (non-hydrogen) atoms. The number of nitrogens with one attached hydrogen (secondary N) is 1. The summed E-state index contributed by atoms with van der Waals surface area (Å²) < 4.78 is 0. The third kappa shape index (κ3) is 2.72. The number of carbonyl (C=O) groups is 1. The zero-order valence-corrected chi connectivity index (χ0v) is 13.4. The standard InChI is InChI=1S/C21H21NO/c1-4-15(3)17(5-2)20(23)22-21(13-14-21)19-12-8-10-16-9-6-7-11-18(16)19/h4-12H,1-2,13-14H2,3H3,(H,22,23)/b17-15+. The molecule has 0 spiro atoms. The Morgan fingerprint density at radius 2 is 1.78 bits per heavy atom. The smallest absolute Gasteiger partial charge is 0.252 e. The molecule has 1 aliphatic carbocycles. The van der Waals surface area contributed by atoms with Gasteiger partial charge in [-0.2, -0.15) is 0 Å². The summed E-state index contributed by atoms with van der Waals surface area (Å²) in [7, 11) is 0. The van der Waals surface area contributed by atoms with Crippen LogP contribution in [0.5, 0.6) is 0 Å². The predicted octanol–water partition coefficient (Wildman–Crippen LogP) is 4.63. The van der Waals surface area contributed by atoms with Crippen molar-refractivity contribution in [2.75, 3.05) is 0 Å². The van der Waals surface area contributed by atoms with Gasteiger partial charge >= 0.3 is 0 Å². The minimum absolute atomic E-state index is 0.0807. The van der Waals surface area contributed by atoms with Crippen molar-refractivity contribution in [3.05, 3.63) is 84.5 Å². The van der Waals surface area contributed by atoms with Crippen molar-refractivity contribution in [2.24, 2.45) is 0 Å². The molecule has 1 aliphatic rings. The van der Waals surface area contributed by atoms with E-state index in [9.17, 15) is 4.79 Å². The monoisotopic (exact) mass is 303 g/mol. The highest BCUT2D eigenvalue weighted by molar-refractivity contribution is 5.98. The van der Waals surface area contributed by atoms with Gasteiger partial charge in [-0.1, -0.05) is 67.8 Å². The fourth-order valence-electron chi connectivity index (χ4n) is 3.06. The molecule has 0 radical (unpaired) electrons. The normalized spacial score (nSPS) is 16.4. The zero-order valence-electron chi connectivity index (χ0n) is 13.4. The average molecular weight is 303 g/mol. The number of allylic oxidation sites excluding steroid dienone is 2. The molecule has 0 heterocycles. The Balaban J connectivity index is 1.98. The fraction of sp³-hybridized carbons (Fsp3) is 0.190. The van der Waals surface area contributed by atoms with Gasteiger partial charge in [0.2, 0.25) is 0 Å². The number of hydrogen-bond acceptors (Lipinski definition) is 1. The summed E-state index contributed by atoms with van der Waals surface area (Å²) in [5.41, 5.74) is 2.37. The first kappa shape index (κ1) is 15.3. The lowest BCUT2D eigenvalue weighted by Gasteiger charge is -2.21. The van der Waals surface area contributed by atoms with Crippen LogP contribution >= 0.6 is 0 Å². The van der Waals surface area contributed by atoms with Crippen LogP contribution in [0.3, 0.4) is 0 Å². The molecular weight excluding hydrogens is 282 g/mol. The Bertz CT molecular complexity index is 819. The Morgan fingerprint density at radius 1 is 1.09 bits per heavy atom. The number of carbonyl (C=O) groups excluding carboxylic acids is 1. The molecule has 2 heteroatoms. The van der Waals surface area contributed by atoms with Crippen molar-refractivity contribution >= 4 is 16.7 Å². The van der Waals surface area contributed by atoms with Crippen molar-refractivity contribution in [2.45, 2.75) is 25.3 Å². The molecule has 116 valence electrons. The van der Waals surface area contributed by atoms with Crippen LogP contribution in [0.25, 0.3) is 10.8 Å². The van der Waals surface area contributed by atoms with Crippen LogP contribution in [0.15, 0.2) is 78.9 Å². The van der Waals surface area contributed by atoms with E-state index >= 15 is 0 Å². The van der Waals surface area contributed by atoms with Crippen LogP contribution in [0.4, 0.5) is 0 Å². The Hall–Kier alpha value is -2.61. The summed E-state index contributed by atoms with van der Waals surface area (Å²) >= 11 is 0. The lowest BCUT2D eigenvalue weighted by molar-refractivity contribution is -0.118. The van der Waals surface area contributed by atoms with E-state index in [1.807, 2.05) is 19.1 Å². The summed E-state index contributed by atoms with van der Waals surface area (Å²) in [6.07, 6.45) is 5.22. The minimum Gasteiger partial charge on any atom is -0.342 e. The molecule has 1 saturated carbocycles. The largest absolute Gasteiger partial charge is 0.342 e. The van der Waals surface area contributed by atoms with Gasteiger partial charge in [-0.25, -0.2) is 0 Å². The van der Waals surface area contributed by atoms with Crippen LogP contribution in [0.2, 0.25) is 0 Å². The molecule has 2 aromatic carbocycles. The topological polar surface area (TPSA) is 29.1 Å². The van der Waals surface area contributed by atoms with E-state index in [0.29, 0.717) is 5.57 Å². The van der Waals surface area contributed by atoms with Crippen molar-refractivity contribution in [1.82, 2.24) is 5.32 Å². The van der Waals surface area contributed by atoms with Crippen LogP contribution in [0.1, 0.15) is 25.3 Å². The second kappa shape index (κ2) is 5.88. The Kier molecular flexibility index (Phi) is 3.91. The highest BCUT2D eigenvalue weighted by atomic mass is 16.1. The highest BCUT2D eigenvalue weighted by Crippen LogP contribution is 2.48. The third-order valence-electron chi connectivity index (χ3n) is 4.59. The van der Waals surface area contributed by atoms with E-state index in [1.54, 1.807) is 12.2 Å². The van der Waals surface area contributed by atoms with Crippen LogP contribution < -0.4 is 5.32 Å². The summed E-state index contributed by atoms with van der Waals surface area (Å²) in [6.45, 7) is 9.37. The van der Waals surface area contributed by atoms with Gasteiger partial charge in [-0.05, 0) is 41.7 Å². The van der Waals surface area contributed by atoms with Gasteiger partial charge in [-0.15, -0.1) is 0 Å². The van der Waals surface area contributed by atoms with Gasteiger partial charge < -0.3 is 5.32 Å². The molecule has 0 aliphatic heterocycles. The van der Waals surface area contributed by atoms with Crippen molar-refractivity contribution in [3.8, 4) is 0 Å². The first-order valence-corrected chi connectivity index (χ1v) is 7.88. The molecule has 0 unspecified atom stereocenters. The van der Waals surface area contributed by atoms with E-state index in [0.717, 1.165) is 18.4 Å². The molecule has 0 atom stereocenters. The second-order valence-electron chi connectivity index (χ2n) is 6.07. The first-order valence-electron chi connectivity index (χ1n) is 7.88. The maximum atomic E-state index is 12.7. The molecule has 0 aromatic heterocycles. The molecule has 0 bridgehead atoms. The molecule has 2 nitrogen and oxygen atoms in total. The van der Waals surface area contributed by atoms with Crippen molar-refractivity contribution < 1.29 is 4.79 Å². The average Bonchev–Trinajstić information content (AvgIpc) is 3.35. The molecule has 1 fully saturated rings. The highest BCUT2D eigenvalue weighted by Gasteiger charge is 2.46. The summed E-state index contributed by atoms with van der Waals surface area (Å²) in [4.78, 5) is 12.7. The molecule has 3 rings (SSSR count).